The summed E-state index contributed by atoms with van der Waals surface area (Å²) in [6.07, 6.45) is 3.96. The molecule has 1 amide bonds. The molecule has 0 fully saturated rings. The number of nitrogens with zero attached hydrogens (tertiary/aromatic N) is 1. The molecule has 0 aliphatic heterocycles. The zero-order chi connectivity index (χ0) is 12.1. The molecule has 0 bridgehead atoms. The molecular weight excluding hydrogens is 238 g/mol. The normalized spacial score (nSPS) is 10.4. The van der Waals surface area contributed by atoms with Gasteiger partial charge in [0.25, 0.3) is 5.91 Å². The van der Waals surface area contributed by atoms with Crippen LogP contribution in [0.5, 0.6) is 0 Å². The lowest BCUT2D eigenvalue weighted by Crippen LogP contribution is -2.26. The highest BCUT2D eigenvalue weighted by Gasteiger charge is 2.11. The zero-order valence-electron chi connectivity index (χ0n) is 9.18. The third-order valence-electron chi connectivity index (χ3n) is 2.17. The fraction of sp³-hybridized carbons (Fsp3) is 0.273. The van der Waals surface area contributed by atoms with E-state index in [1.54, 1.807) is 17.9 Å². The Bertz CT molecular complexity index is 479. The number of rotatable bonds is 5. The molecule has 0 unspecified atom stereocenters. The van der Waals surface area contributed by atoms with Crippen LogP contribution in [0.15, 0.2) is 28.4 Å². The summed E-state index contributed by atoms with van der Waals surface area (Å²) < 4.78 is 4.97. The quantitative estimate of drug-likeness (QED) is 0.789. The standard InChI is InChI=1S/C11H13N3O2S/c12-3-1-4-13-10(15)9-7-17-11(14-9)8-2-5-16-6-8/h2,5-7H,1,3-4,12H2,(H,13,15). The smallest absolute Gasteiger partial charge is 0.270 e. The molecule has 0 aliphatic rings. The average Bonchev–Trinajstić information content (AvgIpc) is 3.00. The Morgan fingerprint density at radius 1 is 1.59 bits per heavy atom. The predicted octanol–water partition coefficient (Wildman–Crippen LogP) is 1.48. The first kappa shape index (κ1) is 11.8. The van der Waals surface area contributed by atoms with Gasteiger partial charge in [0.1, 0.15) is 17.0 Å². The summed E-state index contributed by atoms with van der Waals surface area (Å²) in [6.45, 7) is 1.14. The van der Waals surface area contributed by atoms with Gasteiger partial charge in [-0.15, -0.1) is 11.3 Å². The van der Waals surface area contributed by atoms with Crippen molar-refractivity contribution in [2.24, 2.45) is 5.73 Å². The predicted molar refractivity (Wildman–Crippen MR) is 65.8 cm³/mol. The fourth-order valence-corrected chi connectivity index (χ4v) is 2.08. The number of thiazole rings is 1. The Hall–Kier alpha value is -1.66. The molecule has 3 N–H and O–H groups in total. The van der Waals surface area contributed by atoms with E-state index in [9.17, 15) is 4.79 Å². The van der Waals surface area contributed by atoms with Crippen LogP contribution in [0.2, 0.25) is 0 Å². The van der Waals surface area contributed by atoms with Crippen molar-refractivity contribution in [3.8, 4) is 10.6 Å². The number of amides is 1. The molecular formula is C11H13N3O2S. The lowest BCUT2D eigenvalue weighted by Gasteiger charge is -2.00. The Labute approximate surface area is 103 Å². The minimum Gasteiger partial charge on any atom is -0.472 e. The van der Waals surface area contributed by atoms with Crippen molar-refractivity contribution in [3.05, 3.63) is 29.7 Å². The third kappa shape index (κ3) is 2.92. The highest BCUT2D eigenvalue weighted by molar-refractivity contribution is 7.13. The largest absolute Gasteiger partial charge is 0.472 e. The van der Waals surface area contributed by atoms with Crippen LogP contribution in [0.1, 0.15) is 16.9 Å². The molecule has 0 saturated heterocycles. The maximum absolute atomic E-state index is 11.7. The van der Waals surface area contributed by atoms with E-state index >= 15 is 0 Å². The van der Waals surface area contributed by atoms with Gasteiger partial charge in [-0.05, 0) is 19.0 Å². The molecule has 2 rings (SSSR count). The van der Waals surface area contributed by atoms with E-state index in [2.05, 4.69) is 10.3 Å². The van der Waals surface area contributed by atoms with Crippen LogP contribution in [-0.4, -0.2) is 24.0 Å². The monoisotopic (exact) mass is 251 g/mol. The molecule has 2 aromatic rings. The van der Waals surface area contributed by atoms with Crippen LogP contribution < -0.4 is 11.1 Å². The minimum absolute atomic E-state index is 0.163. The first-order valence-corrected chi connectivity index (χ1v) is 6.15. The van der Waals surface area contributed by atoms with Crippen LogP contribution in [0, 0.1) is 0 Å². The second-order valence-electron chi connectivity index (χ2n) is 3.45. The SMILES string of the molecule is NCCCNC(=O)c1csc(-c2ccoc2)n1. The molecule has 90 valence electrons. The molecule has 2 aromatic heterocycles. The van der Waals surface area contributed by atoms with Gasteiger partial charge in [0.05, 0.1) is 6.26 Å². The number of aromatic nitrogens is 1. The summed E-state index contributed by atoms with van der Waals surface area (Å²) in [6, 6.07) is 1.81. The molecule has 2 heterocycles. The Kier molecular flexibility index (Phi) is 3.89. The van der Waals surface area contributed by atoms with E-state index in [0.29, 0.717) is 18.8 Å². The van der Waals surface area contributed by atoms with Crippen LogP contribution in [0.25, 0.3) is 10.6 Å². The summed E-state index contributed by atoms with van der Waals surface area (Å²) in [5.74, 6) is -0.163. The van der Waals surface area contributed by atoms with Crippen molar-refractivity contribution in [1.82, 2.24) is 10.3 Å². The van der Waals surface area contributed by atoms with Gasteiger partial charge in [-0.3, -0.25) is 4.79 Å². The molecule has 0 aliphatic carbocycles. The number of carbonyl (C=O) groups is 1. The molecule has 0 radical (unpaired) electrons. The Morgan fingerprint density at radius 3 is 3.18 bits per heavy atom. The topological polar surface area (TPSA) is 81.1 Å². The van der Waals surface area contributed by atoms with Crippen molar-refractivity contribution in [1.29, 1.82) is 0 Å². The summed E-state index contributed by atoms with van der Waals surface area (Å²) >= 11 is 1.42. The highest BCUT2D eigenvalue weighted by atomic mass is 32.1. The number of nitrogens with one attached hydrogen (secondary N) is 1. The maximum atomic E-state index is 11.7. The van der Waals surface area contributed by atoms with Crippen molar-refractivity contribution in [3.63, 3.8) is 0 Å². The van der Waals surface area contributed by atoms with Gasteiger partial charge in [0.15, 0.2) is 0 Å². The van der Waals surface area contributed by atoms with Crippen LogP contribution in [-0.2, 0) is 0 Å². The lowest BCUT2D eigenvalue weighted by atomic mass is 10.3. The first-order chi connectivity index (χ1) is 8.31. The van der Waals surface area contributed by atoms with Crippen LogP contribution in [0.3, 0.4) is 0 Å². The second kappa shape index (κ2) is 5.60. The summed E-state index contributed by atoms with van der Waals surface area (Å²) in [5, 5.41) is 5.28. The Morgan fingerprint density at radius 2 is 2.47 bits per heavy atom. The van der Waals surface area contributed by atoms with Crippen LogP contribution >= 0.6 is 11.3 Å². The molecule has 0 atom stereocenters. The van der Waals surface area contributed by atoms with Crippen molar-refractivity contribution >= 4 is 17.2 Å². The van der Waals surface area contributed by atoms with Gasteiger partial charge in [-0.25, -0.2) is 4.98 Å². The first-order valence-electron chi connectivity index (χ1n) is 5.27. The number of nitrogens with two attached hydrogens (primary N) is 1. The lowest BCUT2D eigenvalue weighted by molar-refractivity contribution is 0.0949. The van der Waals surface area contributed by atoms with E-state index < -0.39 is 0 Å². The highest BCUT2D eigenvalue weighted by Crippen LogP contribution is 2.23. The third-order valence-corrected chi connectivity index (χ3v) is 3.06. The second-order valence-corrected chi connectivity index (χ2v) is 4.31. The van der Waals surface area contributed by atoms with Gasteiger partial charge < -0.3 is 15.5 Å². The van der Waals surface area contributed by atoms with E-state index in [4.69, 9.17) is 10.2 Å². The molecule has 6 heteroatoms. The Balaban J connectivity index is 2.01. The van der Waals surface area contributed by atoms with E-state index in [0.717, 1.165) is 17.0 Å². The van der Waals surface area contributed by atoms with E-state index in [1.807, 2.05) is 6.07 Å². The molecule has 17 heavy (non-hydrogen) atoms. The zero-order valence-corrected chi connectivity index (χ0v) is 10.00. The summed E-state index contributed by atoms with van der Waals surface area (Å²) in [7, 11) is 0. The number of carbonyl (C=O) groups excluding carboxylic acids is 1. The van der Waals surface area contributed by atoms with Crippen molar-refractivity contribution in [2.75, 3.05) is 13.1 Å². The molecule has 0 spiro atoms. The van der Waals surface area contributed by atoms with Gasteiger partial charge >= 0.3 is 0 Å². The van der Waals surface area contributed by atoms with Crippen LogP contribution in [0.4, 0.5) is 0 Å². The maximum Gasteiger partial charge on any atom is 0.270 e. The summed E-state index contributed by atoms with van der Waals surface area (Å²) in [5.41, 5.74) is 6.67. The number of hydrogen-bond donors (Lipinski definition) is 2. The average molecular weight is 251 g/mol. The minimum atomic E-state index is -0.163. The van der Waals surface area contributed by atoms with E-state index in [-0.39, 0.29) is 5.91 Å². The molecule has 0 saturated carbocycles. The fourth-order valence-electron chi connectivity index (χ4n) is 1.29. The number of hydrogen-bond acceptors (Lipinski definition) is 5. The van der Waals surface area contributed by atoms with Gasteiger partial charge in [-0.1, -0.05) is 0 Å². The number of furan rings is 1. The van der Waals surface area contributed by atoms with Gasteiger partial charge in [0, 0.05) is 17.5 Å². The summed E-state index contributed by atoms with van der Waals surface area (Å²) in [4.78, 5) is 15.9. The molecule has 0 aromatic carbocycles. The van der Waals surface area contributed by atoms with E-state index in [1.165, 1.54) is 11.3 Å². The van der Waals surface area contributed by atoms with Crippen molar-refractivity contribution in [2.45, 2.75) is 6.42 Å². The molecule has 5 nitrogen and oxygen atoms in total. The van der Waals surface area contributed by atoms with Gasteiger partial charge in [-0.2, -0.15) is 0 Å². The van der Waals surface area contributed by atoms with Gasteiger partial charge in [0.2, 0.25) is 0 Å². The van der Waals surface area contributed by atoms with Crippen molar-refractivity contribution < 1.29 is 9.21 Å².